The molecule has 1 aromatic carbocycles. The van der Waals surface area contributed by atoms with Crippen molar-refractivity contribution in [1.82, 2.24) is 0 Å². The van der Waals surface area contributed by atoms with E-state index in [9.17, 15) is 30.7 Å². The maximum absolute atomic E-state index is 14.2. The molecular weight excluding hydrogens is 405 g/mol. The maximum Gasteiger partial charge on any atom is 0.460 e. The first-order chi connectivity index (χ1) is 11.7. The number of hydrogen-bond acceptors (Lipinski definition) is 1. The molecular formula is C17H14ClF7S. The Morgan fingerprint density at radius 1 is 0.923 bits per heavy atom. The molecule has 1 aliphatic carbocycles. The van der Waals surface area contributed by atoms with Crippen LogP contribution in [0.15, 0.2) is 47.6 Å². The van der Waals surface area contributed by atoms with E-state index in [0.29, 0.717) is 17.6 Å². The minimum absolute atomic E-state index is 0.0128. The second-order valence-corrected chi connectivity index (χ2v) is 7.92. The van der Waals surface area contributed by atoms with E-state index in [2.05, 4.69) is 0 Å². The highest BCUT2D eigenvalue weighted by Crippen LogP contribution is 2.60. The highest BCUT2D eigenvalue weighted by molar-refractivity contribution is 8.01. The molecule has 2 rings (SSSR count). The zero-order valence-corrected chi connectivity index (χ0v) is 15.2. The number of thioether (sulfide) groups is 1. The van der Waals surface area contributed by atoms with Gasteiger partial charge in [-0.15, -0.1) is 0 Å². The molecule has 0 radical (unpaired) electrons. The highest BCUT2D eigenvalue weighted by Gasteiger charge is 2.74. The van der Waals surface area contributed by atoms with E-state index in [1.807, 2.05) is 0 Å². The van der Waals surface area contributed by atoms with Crippen LogP contribution in [-0.2, 0) is 4.75 Å². The van der Waals surface area contributed by atoms with Gasteiger partial charge in [-0.25, -0.2) is 0 Å². The topological polar surface area (TPSA) is 0 Å². The van der Waals surface area contributed by atoms with Crippen LogP contribution in [-0.4, -0.2) is 17.4 Å². The van der Waals surface area contributed by atoms with Gasteiger partial charge in [0.25, 0.3) is 0 Å². The van der Waals surface area contributed by atoms with Crippen molar-refractivity contribution in [2.24, 2.45) is 0 Å². The molecule has 0 N–H and O–H groups in total. The van der Waals surface area contributed by atoms with Gasteiger partial charge in [-0.3, -0.25) is 0 Å². The van der Waals surface area contributed by atoms with Gasteiger partial charge < -0.3 is 0 Å². The average molecular weight is 419 g/mol. The fourth-order valence-corrected chi connectivity index (χ4v) is 4.63. The number of allylic oxidation sites excluding steroid dienone is 2. The Morgan fingerprint density at radius 2 is 1.42 bits per heavy atom. The minimum Gasteiger partial charge on any atom is -0.188 e. The van der Waals surface area contributed by atoms with Gasteiger partial charge in [0.2, 0.25) is 0 Å². The van der Waals surface area contributed by atoms with Crippen LogP contribution in [0.2, 0.25) is 5.02 Å². The lowest BCUT2D eigenvalue weighted by molar-refractivity contribution is -0.330. The van der Waals surface area contributed by atoms with Gasteiger partial charge in [0.15, 0.2) is 0 Å². The predicted molar refractivity (Wildman–Crippen MR) is 88.8 cm³/mol. The molecule has 1 aromatic rings. The molecule has 0 saturated heterocycles. The van der Waals surface area contributed by atoms with Crippen molar-refractivity contribution < 1.29 is 30.7 Å². The standard InChI is InChI=1S/C17H14ClF7S/c1-10-7-11(2)9-14(8-10,12-5-3-4-6-13(12)18)26-17(24,25)15(19,20)16(21,22)23/h3-6,8-9H,7H2,1-2H3. The van der Waals surface area contributed by atoms with E-state index < -0.39 is 33.9 Å². The van der Waals surface area contributed by atoms with Crippen LogP contribution >= 0.6 is 23.4 Å². The summed E-state index contributed by atoms with van der Waals surface area (Å²) in [6, 6.07) is 5.64. The van der Waals surface area contributed by atoms with Crippen molar-refractivity contribution in [3.8, 4) is 0 Å². The molecule has 9 heteroatoms. The summed E-state index contributed by atoms with van der Waals surface area (Å²) < 4.78 is 91.0. The fourth-order valence-electron chi connectivity index (χ4n) is 2.80. The summed E-state index contributed by atoms with van der Waals surface area (Å²) >= 11 is 5.29. The molecule has 0 bridgehead atoms. The summed E-state index contributed by atoms with van der Waals surface area (Å²) in [7, 11) is 0. The van der Waals surface area contributed by atoms with Crippen molar-refractivity contribution >= 4 is 23.4 Å². The molecule has 0 fully saturated rings. The lowest BCUT2D eigenvalue weighted by Gasteiger charge is -2.38. The minimum atomic E-state index is -6.39. The Balaban J connectivity index is 2.65. The van der Waals surface area contributed by atoms with E-state index in [1.54, 1.807) is 13.8 Å². The smallest absolute Gasteiger partial charge is 0.188 e. The molecule has 0 atom stereocenters. The first kappa shape index (κ1) is 21.2. The monoisotopic (exact) mass is 418 g/mol. The van der Waals surface area contributed by atoms with Gasteiger partial charge in [0.05, 0.1) is 4.75 Å². The van der Waals surface area contributed by atoms with Crippen LogP contribution < -0.4 is 0 Å². The van der Waals surface area contributed by atoms with Crippen molar-refractivity contribution in [2.75, 3.05) is 0 Å². The van der Waals surface area contributed by atoms with Crippen molar-refractivity contribution in [3.05, 3.63) is 58.1 Å². The lowest BCUT2D eigenvalue weighted by Crippen LogP contribution is -2.51. The summed E-state index contributed by atoms with van der Waals surface area (Å²) in [5, 5.41) is -5.43. The molecule has 1 aliphatic rings. The quantitative estimate of drug-likeness (QED) is 0.363. The molecule has 0 aromatic heterocycles. The van der Waals surface area contributed by atoms with Crippen LogP contribution in [0.25, 0.3) is 0 Å². The van der Waals surface area contributed by atoms with Gasteiger partial charge in [-0.2, -0.15) is 30.7 Å². The van der Waals surface area contributed by atoms with E-state index in [1.165, 1.54) is 36.4 Å². The molecule has 0 nitrogen and oxygen atoms in total. The van der Waals surface area contributed by atoms with E-state index in [4.69, 9.17) is 11.6 Å². The van der Waals surface area contributed by atoms with Crippen LogP contribution in [0.5, 0.6) is 0 Å². The Kier molecular flexibility index (Phi) is 5.52. The second-order valence-electron chi connectivity index (χ2n) is 6.12. The third-order valence-corrected chi connectivity index (χ3v) is 5.43. The summed E-state index contributed by atoms with van der Waals surface area (Å²) in [6.07, 6.45) is -3.48. The fraction of sp³-hybridized carbons (Fsp3) is 0.412. The van der Waals surface area contributed by atoms with E-state index >= 15 is 0 Å². The zero-order valence-electron chi connectivity index (χ0n) is 13.6. The van der Waals surface area contributed by atoms with Gasteiger partial charge in [0, 0.05) is 5.02 Å². The van der Waals surface area contributed by atoms with Crippen LogP contribution in [0.3, 0.4) is 0 Å². The Hall–Kier alpha value is -1.15. The van der Waals surface area contributed by atoms with Crippen LogP contribution in [0.1, 0.15) is 25.8 Å². The molecule has 0 aliphatic heterocycles. The SMILES string of the molecule is CC1=CC(SC(F)(F)C(F)(F)C(F)(F)F)(c2ccccc2Cl)C=C(C)C1. The molecule has 26 heavy (non-hydrogen) atoms. The predicted octanol–water partition coefficient (Wildman–Crippen LogP) is 7.36. The molecule has 0 heterocycles. The molecule has 0 saturated carbocycles. The first-order valence-electron chi connectivity index (χ1n) is 7.36. The van der Waals surface area contributed by atoms with E-state index in [-0.39, 0.29) is 10.6 Å². The first-order valence-corrected chi connectivity index (χ1v) is 8.55. The Morgan fingerprint density at radius 3 is 1.88 bits per heavy atom. The summed E-state index contributed by atoms with van der Waals surface area (Å²) in [5.41, 5.74) is 1.13. The van der Waals surface area contributed by atoms with E-state index in [0.717, 1.165) is 0 Å². The lowest BCUT2D eigenvalue weighted by atomic mass is 9.87. The Labute approximate surface area is 155 Å². The van der Waals surface area contributed by atoms with Gasteiger partial charge in [-0.05, 0) is 31.9 Å². The van der Waals surface area contributed by atoms with Crippen molar-refractivity contribution in [1.29, 1.82) is 0 Å². The molecule has 144 valence electrons. The number of alkyl halides is 7. The van der Waals surface area contributed by atoms with Gasteiger partial charge in [-0.1, -0.05) is 64.9 Å². The van der Waals surface area contributed by atoms with Crippen LogP contribution in [0.4, 0.5) is 30.7 Å². The Bertz CT molecular complexity index is 732. The third-order valence-electron chi connectivity index (χ3n) is 3.79. The molecule has 0 amide bonds. The van der Waals surface area contributed by atoms with Crippen LogP contribution in [0, 0.1) is 0 Å². The number of halogens is 8. The molecule has 0 unspecified atom stereocenters. The summed E-state index contributed by atoms with van der Waals surface area (Å²) in [6.45, 7) is 3.17. The van der Waals surface area contributed by atoms with Gasteiger partial charge >= 0.3 is 17.4 Å². The van der Waals surface area contributed by atoms with Crippen molar-refractivity contribution in [3.63, 3.8) is 0 Å². The zero-order chi connectivity index (χ0) is 20.0. The summed E-state index contributed by atoms with van der Waals surface area (Å²) in [5.74, 6) is -6.21. The third kappa shape index (κ3) is 3.76. The second kappa shape index (κ2) is 6.78. The normalized spacial score (nSPS) is 18.4. The maximum atomic E-state index is 14.2. The molecule has 0 spiro atoms. The van der Waals surface area contributed by atoms with Gasteiger partial charge in [0.1, 0.15) is 0 Å². The number of hydrogen-bond donors (Lipinski definition) is 0. The summed E-state index contributed by atoms with van der Waals surface area (Å²) in [4.78, 5) is 0. The average Bonchev–Trinajstić information content (AvgIpc) is 2.44. The number of rotatable bonds is 4. The van der Waals surface area contributed by atoms with Crippen molar-refractivity contribution in [2.45, 2.75) is 42.4 Å². The number of benzene rings is 1. The largest absolute Gasteiger partial charge is 0.460 e. The highest BCUT2D eigenvalue weighted by atomic mass is 35.5.